The van der Waals surface area contributed by atoms with Crippen molar-refractivity contribution >= 4 is 5.78 Å². The fourth-order valence-corrected chi connectivity index (χ4v) is 2.05. The summed E-state index contributed by atoms with van der Waals surface area (Å²) in [4.78, 5) is 11.5. The standard InChI is InChI=1S/C13H24O2/c1-2-3-4-7-12(14)9-10-13-8-5-6-11-15-13/h13H,2-11H2,1H3. The van der Waals surface area contributed by atoms with Gasteiger partial charge in [-0.15, -0.1) is 0 Å². The molecule has 2 nitrogen and oxygen atoms in total. The lowest BCUT2D eigenvalue weighted by molar-refractivity contribution is -0.120. The number of carbonyl (C=O) groups excluding carboxylic acids is 1. The summed E-state index contributed by atoms with van der Waals surface area (Å²) >= 11 is 0. The van der Waals surface area contributed by atoms with Crippen LogP contribution in [-0.4, -0.2) is 18.5 Å². The lowest BCUT2D eigenvalue weighted by atomic mass is 10.0. The Kier molecular flexibility index (Phi) is 6.66. The predicted molar refractivity (Wildman–Crippen MR) is 62.0 cm³/mol. The molecule has 88 valence electrons. The van der Waals surface area contributed by atoms with Gasteiger partial charge in [-0.1, -0.05) is 19.8 Å². The van der Waals surface area contributed by atoms with Crippen molar-refractivity contribution in [2.45, 2.75) is 70.8 Å². The second-order valence-electron chi connectivity index (χ2n) is 4.52. The van der Waals surface area contributed by atoms with Crippen LogP contribution in [0.15, 0.2) is 0 Å². The summed E-state index contributed by atoms with van der Waals surface area (Å²) in [5.41, 5.74) is 0. The molecule has 1 aliphatic rings. The molecule has 1 rings (SSSR count). The van der Waals surface area contributed by atoms with Crippen LogP contribution in [0.2, 0.25) is 0 Å². The fraction of sp³-hybridized carbons (Fsp3) is 0.923. The van der Waals surface area contributed by atoms with Crippen LogP contribution in [0.3, 0.4) is 0 Å². The molecule has 0 bridgehead atoms. The van der Waals surface area contributed by atoms with Crippen molar-refractivity contribution in [2.75, 3.05) is 6.61 Å². The highest BCUT2D eigenvalue weighted by Gasteiger charge is 2.14. The second-order valence-corrected chi connectivity index (χ2v) is 4.52. The summed E-state index contributed by atoms with van der Waals surface area (Å²) in [5, 5.41) is 0. The number of Topliss-reactive ketones (excluding diaryl/α,β-unsaturated/α-hetero) is 1. The molecule has 0 amide bonds. The Morgan fingerprint density at radius 3 is 2.80 bits per heavy atom. The van der Waals surface area contributed by atoms with Crippen molar-refractivity contribution in [2.24, 2.45) is 0 Å². The molecule has 1 saturated heterocycles. The van der Waals surface area contributed by atoms with Crippen LogP contribution in [0.4, 0.5) is 0 Å². The molecule has 15 heavy (non-hydrogen) atoms. The molecule has 1 aliphatic heterocycles. The lowest BCUT2D eigenvalue weighted by Crippen LogP contribution is -2.19. The minimum Gasteiger partial charge on any atom is -0.378 e. The van der Waals surface area contributed by atoms with Crippen LogP contribution in [0.5, 0.6) is 0 Å². The summed E-state index contributed by atoms with van der Waals surface area (Å²) in [6, 6.07) is 0. The normalized spacial score (nSPS) is 21.5. The molecule has 0 aromatic rings. The molecule has 0 aliphatic carbocycles. The van der Waals surface area contributed by atoms with E-state index in [-0.39, 0.29) is 0 Å². The molecule has 2 heteroatoms. The third-order valence-electron chi connectivity index (χ3n) is 3.08. The van der Waals surface area contributed by atoms with Gasteiger partial charge < -0.3 is 4.74 Å². The molecule has 0 spiro atoms. The van der Waals surface area contributed by atoms with Gasteiger partial charge in [0.1, 0.15) is 5.78 Å². The zero-order chi connectivity index (χ0) is 10.9. The number of hydrogen-bond donors (Lipinski definition) is 0. The Bertz CT molecular complexity index is 171. The molecule has 1 heterocycles. The fourth-order valence-electron chi connectivity index (χ4n) is 2.05. The van der Waals surface area contributed by atoms with E-state index in [2.05, 4.69) is 6.92 Å². The van der Waals surface area contributed by atoms with E-state index in [9.17, 15) is 4.79 Å². The molecular weight excluding hydrogens is 188 g/mol. The van der Waals surface area contributed by atoms with Crippen molar-refractivity contribution in [3.63, 3.8) is 0 Å². The monoisotopic (exact) mass is 212 g/mol. The van der Waals surface area contributed by atoms with Gasteiger partial charge in [0.15, 0.2) is 0 Å². The molecular formula is C13H24O2. The van der Waals surface area contributed by atoms with Crippen LogP contribution in [-0.2, 0) is 9.53 Å². The molecule has 0 saturated carbocycles. The Labute approximate surface area is 93.4 Å². The van der Waals surface area contributed by atoms with Gasteiger partial charge in [-0.2, -0.15) is 0 Å². The van der Waals surface area contributed by atoms with Crippen LogP contribution in [0, 0.1) is 0 Å². The smallest absolute Gasteiger partial charge is 0.133 e. The minimum absolute atomic E-state index is 0.369. The number of carbonyl (C=O) groups is 1. The van der Waals surface area contributed by atoms with Gasteiger partial charge in [0, 0.05) is 19.4 Å². The zero-order valence-corrected chi connectivity index (χ0v) is 9.96. The number of ether oxygens (including phenoxy) is 1. The van der Waals surface area contributed by atoms with Crippen molar-refractivity contribution in [1.82, 2.24) is 0 Å². The van der Waals surface area contributed by atoms with Gasteiger partial charge in [0.2, 0.25) is 0 Å². The maximum Gasteiger partial charge on any atom is 0.133 e. The molecule has 0 aromatic carbocycles. The van der Waals surface area contributed by atoms with Crippen molar-refractivity contribution in [3.05, 3.63) is 0 Å². The van der Waals surface area contributed by atoms with E-state index in [4.69, 9.17) is 4.74 Å². The van der Waals surface area contributed by atoms with E-state index in [1.807, 2.05) is 0 Å². The first kappa shape index (κ1) is 12.7. The molecule has 1 unspecified atom stereocenters. The Morgan fingerprint density at radius 2 is 2.13 bits per heavy atom. The second kappa shape index (κ2) is 7.86. The number of rotatable bonds is 7. The maximum absolute atomic E-state index is 11.5. The van der Waals surface area contributed by atoms with Gasteiger partial charge in [0.05, 0.1) is 6.10 Å². The van der Waals surface area contributed by atoms with E-state index >= 15 is 0 Å². The summed E-state index contributed by atoms with van der Waals surface area (Å²) in [5.74, 6) is 0.428. The van der Waals surface area contributed by atoms with E-state index in [0.29, 0.717) is 11.9 Å². The van der Waals surface area contributed by atoms with Crippen LogP contribution < -0.4 is 0 Å². The van der Waals surface area contributed by atoms with Gasteiger partial charge >= 0.3 is 0 Å². The Morgan fingerprint density at radius 1 is 1.27 bits per heavy atom. The lowest BCUT2D eigenvalue weighted by Gasteiger charge is -2.22. The van der Waals surface area contributed by atoms with Gasteiger partial charge in [-0.25, -0.2) is 0 Å². The molecule has 0 radical (unpaired) electrons. The van der Waals surface area contributed by atoms with E-state index in [0.717, 1.165) is 38.7 Å². The topological polar surface area (TPSA) is 26.3 Å². The van der Waals surface area contributed by atoms with Crippen LogP contribution in [0.1, 0.15) is 64.7 Å². The first-order valence-electron chi connectivity index (χ1n) is 6.46. The summed E-state index contributed by atoms with van der Waals surface area (Å²) < 4.78 is 5.60. The Balaban J connectivity index is 2.00. The third-order valence-corrected chi connectivity index (χ3v) is 3.08. The number of hydrogen-bond acceptors (Lipinski definition) is 2. The first-order valence-corrected chi connectivity index (χ1v) is 6.46. The van der Waals surface area contributed by atoms with Crippen molar-refractivity contribution in [3.8, 4) is 0 Å². The largest absolute Gasteiger partial charge is 0.378 e. The van der Waals surface area contributed by atoms with Gasteiger partial charge in [0.25, 0.3) is 0 Å². The van der Waals surface area contributed by atoms with E-state index < -0.39 is 0 Å². The van der Waals surface area contributed by atoms with Crippen LogP contribution >= 0.6 is 0 Å². The van der Waals surface area contributed by atoms with E-state index in [1.165, 1.54) is 25.7 Å². The zero-order valence-electron chi connectivity index (χ0n) is 9.96. The van der Waals surface area contributed by atoms with Crippen LogP contribution in [0.25, 0.3) is 0 Å². The highest BCUT2D eigenvalue weighted by Crippen LogP contribution is 2.17. The molecule has 1 fully saturated rings. The van der Waals surface area contributed by atoms with Crippen molar-refractivity contribution < 1.29 is 9.53 Å². The highest BCUT2D eigenvalue weighted by atomic mass is 16.5. The van der Waals surface area contributed by atoms with Gasteiger partial charge in [-0.05, 0) is 32.1 Å². The predicted octanol–water partition coefficient (Wildman–Crippen LogP) is 3.49. The minimum atomic E-state index is 0.369. The number of unbranched alkanes of at least 4 members (excludes halogenated alkanes) is 2. The number of ketones is 1. The quantitative estimate of drug-likeness (QED) is 0.604. The highest BCUT2D eigenvalue weighted by molar-refractivity contribution is 5.78. The molecule has 0 aromatic heterocycles. The first-order chi connectivity index (χ1) is 7.33. The summed E-state index contributed by atoms with van der Waals surface area (Å²) in [6.45, 7) is 3.06. The van der Waals surface area contributed by atoms with Crippen molar-refractivity contribution in [1.29, 1.82) is 0 Å². The summed E-state index contributed by atoms with van der Waals surface area (Å²) in [7, 11) is 0. The molecule has 1 atom stereocenters. The molecule has 0 N–H and O–H groups in total. The van der Waals surface area contributed by atoms with Gasteiger partial charge in [-0.3, -0.25) is 4.79 Å². The average molecular weight is 212 g/mol. The Hall–Kier alpha value is -0.370. The maximum atomic E-state index is 11.5. The van der Waals surface area contributed by atoms with E-state index in [1.54, 1.807) is 0 Å². The SMILES string of the molecule is CCCCCC(=O)CCC1CCCCO1. The summed E-state index contributed by atoms with van der Waals surface area (Å²) in [6.07, 6.45) is 9.90. The third kappa shape index (κ3) is 5.93. The average Bonchev–Trinajstić information content (AvgIpc) is 2.28.